The van der Waals surface area contributed by atoms with Gasteiger partial charge in [0.05, 0.1) is 29.4 Å². The minimum atomic E-state index is -4.39. The summed E-state index contributed by atoms with van der Waals surface area (Å²) in [6, 6.07) is 1.54. The van der Waals surface area contributed by atoms with Crippen molar-refractivity contribution in [3.05, 3.63) is 16.7 Å². The normalized spacial score (nSPS) is 11.4. The molecule has 19 heavy (non-hydrogen) atoms. The number of pyridine rings is 1. The fourth-order valence-electron chi connectivity index (χ4n) is 1.09. The van der Waals surface area contributed by atoms with Crippen molar-refractivity contribution in [2.24, 2.45) is 0 Å². The molecule has 0 unspecified atom stereocenters. The first-order chi connectivity index (χ1) is 8.78. The zero-order chi connectivity index (χ0) is 14.5. The second-order valence-corrected chi connectivity index (χ2v) is 4.42. The number of nitrogens with two attached hydrogens (primary N) is 1. The Kier molecular flexibility index (Phi) is 5.55. The van der Waals surface area contributed by atoms with Crippen molar-refractivity contribution in [2.45, 2.75) is 12.6 Å². The van der Waals surface area contributed by atoms with Gasteiger partial charge in [0.15, 0.2) is 0 Å². The number of halogens is 4. The van der Waals surface area contributed by atoms with E-state index in [1.54, 1.807) is 6.07 Å². The van der Waals surface area contributed by atoms with Crippen molar-refractivity contribution in [1.82, 2.24) is 4.98 Å². The standard InChI is InChI=1S/C10H11BrF3N3O2/c11-7-3-6(15)4-16-9(7)17-8(18)1-2-19-5-10(12,13)14/h3-4H,1-2,5,15H2,(H,16,17,18). The lowest BCUT2D eigenvalue weighted by Crippen LogP contribution is -2.20. The summed E-state index contributed by atoms with van der Waals surface area (Å²) in [4.78, 5) is 15.3. The number of carbonyl (C=O) groups excluding carboxylic acids is 1. The topological polar surface area (TPSA) is 77.2 Å². The van der Waals surface area contributed by atoms with Crippen LogP contribution < -0.4 is 11.1 Å². The molecule has 1 aromatic heterocycles. The molecular weight excluding hydrogens is 331 g/mol. The maximum Gasteiger partial charge on any atom is 0.411 e. The highest BCUT2D eigenvalue weighted by Crippen LogP contribution is 2.21. The van der Waals surface area contributed by atoms with Crippen LogP contribution in [-0.2, 0) is 9.53 Å². The maximum atomic E-state index is 11.8. The Balaban J connectivity index is 2.35. The van der Waals surface area contributed by atoms with E-state index in [-0.39, 0.29) is 18.8 Å². The van der Waals surface area contributed by atoms with Crippen LogP contribution in [0.1, 0.15) is 6.42 Å². The van der Waals surface area contributed by atoms with E-state index in [1.807, 2.05) is 0 Å². The van der Waals surface area contributed by atoms with Crippen molar-refractivity contribution in [2.75, 3.05) is 24.3 Å². The van der Waals surface area contributed by atoms with E-state index in [0.29, 0.717) is 10.2 Å². The molecule has 1 rings (SSSR count). The number of rotatable bonds is 5. The van der Waals surface area contributed by atoms with Crippen molar-refractivity contribution in [3.63, 3.8) is 0 Å². The van der Waals surface area contributed by atoms with Crippen LogP contribution in [0.3, 0.4) is 0 Å². The summed E-state index contributed by atoms with van der Waals surface area (Å²) in [5.74, 6) is -0.254. The highest BCUT2D eigenvalue weighted by atomic mass is 79.9. The second kappa shape index (κ2) is 6.71. The zero-order valence-electron chi connectivity index (χ0n) is 9.63. The monoisotopic (exact) mass is 341 g/mol. The number of hydrogen-bond acceptors (Lipinski definition) is 4. The van der Waals surface area contributed by atoms with Gasteiger partial charge in [0.1, 0.15) is 12.4 Å². The highest BCUT2D eigenvalue weighted by Gasteiger charge is 2.27. The number of aromatic nitrogens is 1. The fraction of sp³-hybridized carbons (Fsp3) is 0.400. The van der Waals surface area contributed by atoms with Crippen LogP contribution in [-0.4, -0.2) is 30.3 Å². The van der Waals surface area contributed by atoms with Crippen molar-refractivity contribution in [3.8, 4) is 0 Å². The first kappa shape index (κ1) is 15.7. The van der Waals surface area contributed by atoms with E-state index < -0.39 is 18.7 Å². The van der Waals surface area contributed by atoms with Crippen LogP contribution in [0.5, 0.6) is 0 Å². The van der Waals surface area contributed by atoms with Gasteiger partial charge in [-0.05, 0) is 22.0 Å². The Labute approximate surface area is 115 Å². The summed E-state index contributed by atoms with van der Waals surface area (Å²) in [5.41, 5.74) is 5.88. The van der Waals surface area contributed by atoms with Crippen molar-refractivity contribution >= 4 is 33.3 Å². The van der Waals surface area contributed by atoms with Gasteiger partial charge < -0.3 is 15.8 Å². The molecule has 0 saturated carbocycles. The molecule has 9 heteroatoms. The van der Waals surface area contributed by atoms with Crippen LogP contribution in [0.4, 0.5) is 24.7 Å². The molecule has 0 aliphatic rings. The number of nitrogens with zero attached hydrogens (tertiary/aromatic N) is 1. The molecule has 1 aromatic rings. The lowest BCUT2D eigenvalue weighted by atomic mass is 10.4. The predicted molar refractivity (Wildman–Crippen MR) is 66.5 cm³/mol. The number of alkyl halides is 3. The average molecular weight is 342 g/mol. The number of carbonyl (C=O) groups is 1. The summed E-state index contributed by atoms with van der Waals surface area (Å²) in [5, 5.41) is 2.42. The Bertz CT molecular complexity index is 454. The Morgan fingerprint density at radius 2 is 2.21 bits per heavy atom. The molecule has 0 aliphatic heterocycles. The van der Waals surface area contributed by atoms with Gasteiger partial charge in [0.2, 0.25) is 5.91 Å². The first-order valence-electron chi connectivity index (χ1n) is 5.13. The van der Waals surface area contributed by atoms with Crippen LogP contribution in [0, 0.1) is 0 Å². The maximum absolute atomic E-state index is 11.8. The Morgan fingerprint density at radius 1 is 1.53 bits per heavy atom. The minimum absolute atomic E-state index is 0.200. The summed E-state index contributed by atoms with van der Waals surface area (Å²) >= 11 is 3.15. The zero-order valence-corrected chi connectivity index (χ0v) is 11.2. The molecule has 1 amide bonds. The quantitative estimate of drug-likeness (QED) is 0.806. The SMILES string of the molecule is Nc1cnc(NC(=O)CCOCC(F)(F)F)c(Br)c1. The molecule has 1 heterocycles. The van der Waals surface area contributed by atoms with Gasteiger partial charge in [-0.2, -0.15) is 13.2 Å². The molecule has 106 valence electrons. The summed E-state index contributed by atoms with van der Waals surface area (Å²) in [6.45, 7) is -1.69. The molecule has 0 radical (unpaired) electrons. The number of anilines is 2. The van der Waals surface area contributed by atoms with Crippen LogP contribution in [0.2, 0.25) is 0 Å². The Morgan fingerprint density at radius 3 is 2.79 bits per heavy atom. The molecule has 0 fully saturated rings. The van der Waals surface area contributed by atoms with Gasteiger partial charge in [-0.25, -0.2) is 4.98 Å². The number of hydrogen-bond donors (Lipinski definition) is 2. The predicted octanol–water partition coefficient (Wildman–Crippen LogP) is 2.33. The van der Waals surface area contributed by atoms with Crippen molar-refractivity contribution < 1.29 is 22.7 Å². The van der Waals surface area contributed by atoms with Crippen LogP contribution in [0.15, 0.2) is 16.7 Å². The van der Waals surface area contributed by atoms with E-state index in [1.165, 1.54) is 6.20 Å². The Hall–Kier alpha value is -1.35. The molecule has 0 spiro atoms. The fourth-order valence-corrected chi connectivity index (χ4v) is 1.56. The summed E-state index contributed by atoms with van der Waals surface area (Å²) in [6.07, 6.45) is -3.24. The third kappa shape index (κ3) is 6.39. The van der Waals surface area contributed by atoms with Crippen LogP contribution >= 0.6 is 15.9 Å². The number of amides is 1. The van der Waals surface area contributed by atoms with Gasteiger partial charge in [-0.15, -0.1) is 0 Å². The van der Waals surface area contributed by atoms with Crippen LogP contribution in [0.25, 0.3) is 0 Å². The molecule has 0 atom stereocenters. The molecule has 3 N–H and O–H groups in total. The number of nitrogen functional groups attached to an aromatic ring is 1. The smallest absolute Gasteiger partial charge is 0.397 e. The van der Waals surface area contributed by atoms with E-state index in [0.717, 1.165) is 0 Å². The molecule has 0 aromatic carbocycles. The largest absolute Gasteiger partial charge is 0.411 e. The van der Waals surface area contributed by atoms with Gasteiger partial charge >= 0.3 is 6.18 Å². The third-order valence-electron chi connectivity index (χ3n) is 1.86. The van der Waals surface area contributed by atoms with Gasteiger partial charge in [-0.3, -0.25) is 4.79 Å². The summed E-state index contributed by atoms with van der Waals surface area (Å²) < 4.78 is 40.1. The molecule has 0 bridgehead atoms. The van der Waals surface area contributed by atoms with Gasteiger partial charge in [0, 0.05) is 0 Å². The second-order valence-electron chi connectivity index (χ2n) is 3.57. The molecule has 0 saturated heterocycles. The van der Waals surface area contributed by atoms with E-state index in [2.05, 4.69) is 31.0 Å². The lowest BCUT2D eigenvalue weighted by Gasteiger charge is -2.08. The number of nitrogens with one attached hydrogen (secondary N) is 1. The first-order valence-corrected chi connectivity index (χ1v) is 5.92. The summed E-state index contributed by atoms with van der Waals surface area (Å²) in [7, 11) is 0. The van der Waals surface area contributed by atoms with Gasteiger partial charge in [-0.1, -0.05) is 0 Å². The highest BCUT2D eigenvalue weighted by molar-refractivity contribution is 9.10. The van der Waals surface area contributed by atoms with Gasteiger partial charge in [0.25, 0.3) is 0 Å². The molecular formula is C10H11BrF3N3O2. The van der Waals surface area contributed by atoms with E-state index >= 15 is 0 Å². The van der Waals surface area contributed by atoms with Crippen molar-refractivity contribution in [1.29, 1.82) is 0 Å². The molecule has 0 aliphatic carbocycles. The number of ether oxygens (including phenoxy) is 1. The lowest BCUT2D eigenvalue weighted by molar-refractivity contribution is -0.174. The minimum Gasteiger partial charge on any atom is -0.397 e. The molecule has 5 nitrogen and oxygen atoms in total. The van der Waals surface area contributed by atoms with E-state index in [4.69, 9.17) is 5.73 Å². The van der Waals surface area contributed by atoms with E-state index in [9.17, 15) is 18.0 Å². The third-order valence-corrected chi connectivity index (χ3v) is 2.46. The average Bonchev–Trinajstić information content (AvgIpc) is 2.27.